The van der Waals surface area contributed by atoms with Gasteiger partial charge in [0, 0.05) is 0 Å². The average molecular weight is 188 g/mol. The topological polar surface area (TPSA) is 60.4 Å². The number of rotatable bonds is 0. The standard InChI is InChI=1S/C3H5FO4S2/c1-9(5)3(4)2-10(6,7)8-9/h3H,1-2H2. The first-order chi connectivity index (χ1) is 4.33. The van der Waals surface area contributed by atoms with Crippen molar-refractivity contribution in [3.63, 3.8) is 0 Å². The molecule has 0 radical (unpaired) electrons. The van der Waals surface area contributed by atoms with Gasteiger partial charge in [0.05, 0.1) is 0 Å². The highest BCUT2D eigenvalue weighted by atomic mass is 32.3. The van der Waals surface area contributed by atoms with Crippen LogP contribution >= 0.6 is 0 Å². The monoisotopic (exact) mass is 188 g/mol. The van der Waals surface area contributed by atoms with Gasteiger partial charge in [-0.3, -0.25) is 0 Å². The van der Waals surface area contributed by atoms with Gasteiger partial charge >= 0.3 is 0 Å². The van der Waals surface area contributed by atoms with Crippen LogP contribution in [-0.2, 0) is 23.6 Å². The molecule has 4 nitrogen and oxygen atoms in total. The van der Waals surface area contributed by atoms with Crippen molar-refractivity contribution in [2.75, 3.05) is 5.75 Å². The normalized spacial score (nSPS) is 45.5. The zero-order chi connectivity index (χ0) is 7.99. The highest BCUT2D eigenvalue weighted by Crippen LogP contribution is 2.20. The third-order valence-electron chi connectivity index (χ3n) is 0.944. The minimum atomic E-state index is -3.92. The molecule has 0 N–H and O–H groups in total. The molecule has 1 aliphatic heterocycles. The summed E-state index contributed by atoms with van der Waals surface area (Å²) in [4.78, 5) is 0. The molecule has 10 heavy (non-hydrogen) atoms. The fourth-order valence-electron chi connectivity index (χ4n) is 0.510. The maximum atomic E-state index is 12.4. The van der Waals surface area contributed by atoms with E-state index in [1.54, 1.807) is 0 Å². The fraction of sp³-hybridized carbons (Fsp3) is 0.667. The largest absolute Gasteiger partial charge is 0.283 e. The number of alkyl halides is 1. The zero-order valence-electron chi connectivity index (χ0n) is 4.82. The summed E-state index contributed by atoms with van der Waals surface area (Å²) in [5, 5.41) is 0. The van der Waals surface area contributed by atoms with Crippen molar-refractivity contribution < 1.29 is 20.6 Å². The van der Waals surface area contributed by atoms with E-state index in [4.69, 9.17) is 0 Å². The summed E-state index contributed by atoms with van der Waals surface area (Å²) in [6, 6.07) is 0. The molecule has 1 heterocycles. The number of hydrogen-bond donors (Lipinski definition) is 0. The van der Waals surface area contributed by atoms with Gasteiger partial charge < -0.3 is 0 Å². The Labute approximate surface area is 58.3 Å². The summed E-state index contributed by atoms with van der Waals surface area (Å²) >= 11 is 0. The molecular weight excluding hydrogens is 183 g/mol. The maximum Gasteiger partial charge on any atom is 0.283 e. The van der Waals surface area contributed by atoms with Crippen LogP contribution in [0.5, 0.6) is 0 Å². The molecule has 2 atom stereocenters. The Hall–Kier alpha value is -0.140. The molecule has 1 aliphatic rings. The van der Waals surface area contributed by atoms with Crippen molar-refractivity contribution in [1.82, 2.24) is 0 Å². The summed E-state index contributed by atoms with van der Waals surface area (Å²) < 4.78 is 47.6. The van der Waals surface area contributed by atoms with Crippen LogP contribution in [0.15, 0.2) is 0 Å². The first kappa shape index (κ1) is 7.96. The summed E-state index contributed by atoms with van der Waals surface area (Å²) in [7, 11) is -7.40. The van der Waals surface area contributed by atoms with E-state index in [1.807, 2.05) is 0 Å². The van der Waals surface area contributed by atoms with Crippen LogP contribution < -0.4 is 0 Å². The summed E-state index contributed by atoms with van der Waals surface area (Å²) in [6.45, 7) is 0. The molecule has 0 aromatic carbocycles. The van der Waals surface area contributed by atoms with Gasteiger partial charge in [-0.15, -0.1) is 0 Å². The SMILES string of the molecule is C=S1(=O)OS(=O)(=O)CC1F. The zero-order valence-corrected chi connectivity index (χ0v) is 6.45. The Kier molecular flexibility index (Phi) is 1.53. The molecule has 1 saturated heterocycles. The molecule has 7 heteroatoms. The summed E-state index contributed by atoms with van der Waals surface area (Å²) in [5.41, 5.74) is -1.99. The molecule has 1 fully saturated rings. The molecule has 60 valence electrons. The van der Waals surface area contributed by atoms with Crippen LogP contribution in [0.1, 0.15) is 0 Å². The predicted molar refractivity (Wildman–Crippen MR) is 35.0 cm³/mol. The van der Waals surface area contributed by atoms with Crippen molar-refractivity contribution in [3.8, 4) is 0 Å². The molecule has 0 bridgehead atoms. The molecule has 0 amide bonds. The highest BCUT2D eigenvalue weighted by Gasteiger charge is 2.38. The van der Waals surface area contributed by atoms with E-state index >= 15 is 0 Å². The van der Waals surface area contributed by atoms with E-state index in [-0.39, 0.29) is 0 Å². The lowest BCUT2D eigenvalue weighted by Gasteiger charge is -1.94. The predicted octanol–water partition coefficient (Wildman–Crippen LogP) is -0.727. The third-order valence-corrected chi connectivity index (χ3v) is 4.55. The van der Waals surface area contributed by atoms with Crippen molar-refractivity contribution in [2.24, 2.45) is 0 Å². The van der Waals surface area contributed by atoms with Crippen molar-refractivity contribution in [2.45, 2.75) is 5.50 Å². The first-order valence-electron chi connectivity index (χ1n) is 2.27. The van der Waals surface area contributed by atoms with Gasteiger partial charge in [-0.2, -0.15) is 12.0 Å². The van der Waals surface area contributed by atoms with E-state index in [2.05, 4.69) is 9.50 Å². The van der Waals surface area contributed by atoms with E-state index in [0.29, 0.717) is 0 Å². The lowest BCUT2D eigenvalue weighted by molar-refractivity contribution is 0.464. The second-order valence-corrected chi connectivity index (χ2v) is 5.70. The van der Waals surface area contributed by atoms with Gasteiger partial charge in [-0.1, -0.05) is 0 Å². The van der Waals surface area contributed by atoms with Gasteiger partial charge in [0.1, 0.15) is 15.6 Å². The van der Waals surface area contributed by atoms with Crippen LogP contribution in [0, 0.1) is 0 Å². The number of halogens is 1. The summed E-state index contributed by atoms with van der Waals surface area (Å²) in [5.74, 6) is 1.95. The second kappa shape index (κ2) is 1.93. The average Bonchev–Trinajstić information content (AvgIpc) is 1.73. The molecular formula is C3H5FO4S2. The Morgan fingerprint density at radius 2 is 2.00 bits per heavy atom. The minimum absolute atomic E-state index is 0.852. The van der Waals surface area contributed by atoms with Crippen LogP contribution in [0.2, 0.25) is 0 Å². The Balaban J connectivity index is 3.16. The lowest BCUT2D eigenvalue weighted by atomic mass is 10.9. The smallest absolute Gasteiger partial charge is 0.237 e. The fourth-order valence-corrected chi connectivity index (χ4v) is 4.13. The first-order valence-corrected chi connectivity index (χ1v) is 5.57. The van der Waals surface area contributed by atoms with Crippen molar-refractivity contribution >= 4 is 25.8 Å². The molecule has 0 aromatic rings. The van der Waals surface area contributed by atoms with Crippen LogP contribution in [-0.4, -0.2) is 29.8 Å². The highest BCUT2D eigenvalue weighted by molar-refractivity contribution is 8.08. The molecule has 0 aromatic heterocycles. The number of hydrogen-bond acceptors (Lipinski definition) is 4. The van der Waals surface area contributed by atoms with Crippen LogP contribution in [0.4, 0.5) is 4.39 Å². The van der Waals surface area contributed by atoms with E-state index < -0.39 is 31.2 Å². The van der Waals surface area contributed by atoms with E-state index in [1.165, 1.54) is 0 Å². The molecule has 1 rings (SSSR count). The molecule has 0 aliphatic carbocycles. The van der Waals surface area contributed by atoms with E-state index in [0.717, 1.165) is 0 Å². The van der Waals surface area contributed by atoms with Crippen molar-refractivity contribution in [3.05, 3.63) is 0 Å². The van der Waals surface area contributed by atoms with Gasteiger partial charge in [0.2, 0.25) is 5.50 Å². The van der Waals surface area contributed by atoms with Gasteiger partial charge in [0.25, 0.3) is 10.1 Å². The molecule has 0 spiro atoms. The van der Waals surface area contributed by atoms with E-state index in [9.17, 15) is 17.0 Å². The quantitative estimate of drug-likeness (QED) is 0.470. The van der Waals surface area contributed by atoms with Crippen LogP contribution in [0.3, 0.4) is 0 Å². The third kappa shape index (κ3) is 1.30. The van der Waals surface area contributed by atoms with Gasteiger partial charge in [0.15, 0.2) is 0 Å². The van der Waals surface area contributed by atoms with Gasteiger partial charge in [-0.05, 0) is 5.87 Å². The summed E-state index contributed by atoms with van der Waals surface area (Å²) in [6.07, 6.45) is 0. The Morgan fingerprint density at radius 3 is 2.10 bits per heavy atom. The minimum Gasteiger partial charge on any atom is -0.237 e. The van der Waals surface area contributed by atoms with Crippen LogP contribution in [0.25, 0.3) is 0 Å². The lowest BCUT2D eigenvalue weighted by Crippen LogP contribution is -2.10. The van der Waals surface area contributed by atoms with Crippen molar-refractivity contribution in [1.29, 1.82) is 0 Å². The Bertz CT molecular complexity index is 326. The maximum absolute atomic E-state index is 12.4. The second-order valence-electron chi connectivity index (χ2n) is 1.87. The molecule has 2 unspecified atom stereocenters. The Morgan fingerprint density at radius 1 is 1.50 bits per heavy atom. The molecule has 0 saturated carbocycles. The van der Waals surface area contributed by atoms with Gasteiger partial charge in [-0.25, -0.2) is 8.60 Å².